The molecule has 1 aliphatic heterocycles. The molecule has 1 aliphatic rings. The van der Waals surface area contributed by atoms with E-state index in [4.69, 9.17) is 0 Å². The van der Waals surface area contributed by atoms with E-state index >= 15 is 0 Å². The van der Waals surface area contributed by atoms with E-state index in [1.54, 1.807) is 18.2 Å². The topological polar surface area (TPSA) is 85.2 Å². The lowest BCUT2D eigenvalue weighted by atomic mass is 10.0. The van der Waals surface area contributed by atoms with Crippen LogP contribution in [-0.4, -0.2) is 52.1 Å². The Hall–Kier alpha value is -4.05. The highest BCUT2D eigenvalue weighted by molar-refractivity contribution is 7.99. The van der Waals surface area contributed by atoms with Gasteiger partial charge in [-0.1, -0.05) is 96.7 Å². The Morgan fingerprint density at radius 3 is 2.07 bits per heavy atom. The van der Waals surface area contributed by atoms with E-state index in [1.807, 2.05) is 95.6 Å². The molecule has 2 heterocycles. The third kappa shape index (κ3) is 5.74. The van der Waals surface area contributed by atoms with Gasteiger partial charge in [0.15, 0.2) is 16.8 Å². The van der Waals surface area contributed by atoms with Crippen molar-refractivity contribution in [3.63, 3.8) is 0 Å². The van der Waals surface area contributed by atoms with Crippen molar-refractivity contribution < 1.29 is 13.2 Å². The van der Waals surface area contributed by atoms with Crippen molar-refractivity contribution in [3.8, 4) is 28.2 Å². The molecular formula is C32H28N4O3S2. The second kappa shape index (κ2) is 11.8. The lowest BCUT2D eigenvalue weighted by Crippen LogP contribution is -2.27. The minimum Gasteiger partial charge on any atom is -0.293 e. The molecule has 0 aliphatic carbocycles. The van der Waals surface area contributed by atoms with E-state index < -0.39 is 10.0 Å². The standard InChI is InChI=1S/C32H28N4O3S2/c37-30(26-18-16-25(17-19-26)24-10-3-1-4-11-24)23-40-32-34-33-31(36(32)28-13-5-2-6-14-28)27-12-9-15-29(22-27)41(38,39)35-20-7-8-21-35/h1-6,9-19,22H,7-8,20-21,23H2. The van der Waals surface area contributed by atoms with Crippen LogP contribution in [0.3, 0.4) is 0 Å². The number of benzene rings is 4. The lowest BCUT2D eigenvalue weighted by Gasteiger charge is -2.16. The summed E-state index contributed by atoms with van der Waals surface area (Å²) in [6.45, 7) is 1.08. The SMILES string of the molecule is O=C(CSc1nnc(-c2cccc(S(=O)(=O)N3CCCC3)c2)n1-c1ccccc1)c1ccc(-c2ccccc2)cc1. The Bertz CT molecular complexity index is 1770. The molecule has 5 aromatic rings. The van der Waals surface area contributed by atoms with Crippen LogP contribution in [0.4, 0.5) is 0 Å². The van der Waals surface area contributed by atoms with E-state index in [1.165, 1.54) is 16.1 Å². The van der Waals surface area contributed by atoms with Crippen molar-refractivity contribution in [2.45, 2.75) is 22.9 Å². The van der Waals surface area contributed by atoms with Crippen LogP contribution in [0.25, 0.3) is 28.2 Å². The summed E-state index contributed by atoms with van der Waals surface area (Å²) in [7, 11) is -3.59. The van der Waals surface area contributed by atoms with Gasteiger partial charge in [0, 0.05) is 29.9 Å². The summed E-state index contributed by atoms with van der Waals surface area (Å²) in [4.78, 5) is 13.4. The summed E-state index contributed by atoms with van der Waals surface area (Å²) >= 11 is 1.30. The highest BCUT2D eigenvalue weighted by Crippen LogP contribution is 2.31. The molecule has 9 heteroatoms. The van der Waals surface area contributed by atoms with Crippen LogP contribution in [0, 0.1) is 0 Å². The van der Waals surface area contributed by atoms with E-state index in [0.29, 0.717) is 35.2 Å². The summed E-state index contributed by atoms with van der Waals surface area (Å²) in [6, 6.07) is 34.1. The third-order valence-electron chi connectivity index (χ3n) is 7.09. The fourth-order valence-corrected chi connectivity index (χ4v) is 7.34. The minimum absolute atomic E-state index is 0.0162. The summed E-state index contributed by atoms with van der Waals surface area (Å²) < 4.78 is 29.9. The molecule has 0 unspecified atom stereocenters. The maximum Gasteiger partial charge on any atom is 0.243 e. The second-order valence-electron chi connectivity index (χ2n) is 9.77. The second-order valence-corrected chi connectivity index (χ2v) is 12.7. The first-order valence-electron chi connectivity index (χ1n) is 13.4. The maximum atomic E-state index is 13.2. The number of Topliss-reactive ketones (excluding diaryl/α,β-unsaturated/α-hetero) is 1. The Morgan fingerprint density at radius 1 is 0.732 bits per heavy atom. The summed E-state index contributed by atoms with van der Waals surface area (Å²) in [5.41, 5.74) is 4.24. The van der Waals surface area contributed by atoms with Crippen molar-refractivity contribution in [3.05, 3.63) is 115 Å². The molecule has 0 atom stereocenters. The van der Waals surface area contributed by atoms with Gasteiger partial charge in [0.05, 0.1) is 10.6 Å². The first kappa shape index (κ1) is 27.1. The number of sulfonamides is 1. The van der Waals surface area contributed by atoms with Crippen molar-refractivity contribution >= 4 is 27.6 Å². The van der Waals surface area contributed by atoms with E-state index in [-0.39, 0.29) is 16.4 Å². The van der Waals surface area contributed by atoms with Gasteiger partial charge in [-0.25, -0.2) is 8.42 Å². The van der Waals surface area contributed by atoms with Crippen LogP contribution < -0.4 is 0 Å². The molecule has 7 nitrogen and oxygen atoms in total. The molecule has 4 aromatic carbocycles. The van der Waals surface area contributed by atoms with Gasteiger partial charge in [0.1, 0.15) is 0 Å². The zero-order valence-corrected chi connectivity index (χ0v) is 23.9. The number of ketones is 1. The largest absolute Gasteiger partial charge is 0.293 e. The van der Waals surface area contributed by atoms with Gasteiger partial charge < -0.3 is 0 Å². The zero-order chi connectivity index (χ0) is 28.2. The molecule has 1 saturated heterocycles. The summed E-state index contributed by atoms with van der Waals surface area (Å²) in [6.07, 6.45) is 1.75. The summed E-state index contributed by atoms with van der Waals surface area (Å²) in [5.74, 6) is 0.674. The van der Waals surface area contributed by atoms with Crippen LogP contribution in [0.15, 0.2) is 119 Å². The number of aromatic nitrogens is 3. The highest BCUT2D eigenvalue weighted by Gasteiger charge is 2.28. The van der Waals surface area contributed by atoms with Gasteiger partial charge in [0.25, 0.3) is 0 Å². The van der Waals surface area contributed by atoms with Gasteiger partial charge in [-0.15, -0.1) is 10.2 Å². The fraction of sp³-hybridized carbons (Fsp3) is 0.156. The van der Waals surface area contributed by atoms with E-state index in [0.717, 1.165) is 29.7 Å². The van der Waals surface area contributed by atoms with Crippen LogP contribution in [0.5, 0.6) is 0 Å². The number of para-hydroxylation sites is 1. The van der Waals surface area contributed by atoms with Gasteiger partial charge in [-0.2, -0.15) is 4.31 Å². The maximum absolute atomic E-state index is 13.2. The molecular weight excluding hydrogens is 553 g/mol. The van der Waals surface area contributed by atoms with E-state index in [9.17, 15) is 13.2 Å². The van der Waals surface area contributed by atoms with Crippen LogP contribution in [0.2, 0.25) is 0 Å². The normalized spacial score (nSPS) is 13.9. The predicted octanol–water partition coefficient (Wildman–Crippen LogP) is 6.36. The van der Waals surface area contributed by atoms with Crippen molar-refractivity contribution in [2.75, 3.05) is 18.8 Å². The number of hydrogen-bond donors (Lipinski definition) is 0. The van der Waals surface area contributed by atoms with Crippen molar-refractivity contribution in [1.29, 1.82) is 0 Å². The molecule has 0 N–H and O–H groups in total. The quantitative estimate of drug-likeness (QED) is 0.149. The van der Waals surface area contributed by atoms with Gasteiger partial charge >= 0.3 is 0 Å². The molecule has 0 saturated carbocycles. The molecule has 206 valence electrons. The highest BCUT2D eigenvalue weighted by atomic mass is 32.2. The number of carbonyl (C=O) groups is 1. The molecule has 41 heavy (non-hydrogen) atoms. The molecule has 6 rings (SSSR count). The van der Waals surface area contributed by atoms with Crippen molar-refractivity contribution in [2.24, 2.45) is 0 Å². The van der Waals surface area contributed by atoms with Gasteiger partial charge in [-0.3, -0.25) is 9.36 Å². The number of nitrogens with zero attached hydrogens (tertiary/aromatic N) is 4. The van der Waals surface area contributed by atoms with Crippen LogP contribution >= 0.6 is 11.8 Å². The molecule has 0 bridgehead atoms. The Labute approximate surface area is 243 Å². The Morgan fingerprint density at radius 2 is 1.37 bits per heavy atom. The first-order valence-corrected chi connectivity index (χ1v) is 15.9. The molecule has 1 aromatic heterocycles. The monoisotopic (exact) mass is 580 g/mol. The number of thioether (sulfide) groups is 1. The smallest absolute Gasteiger partial charge is 0.243 e. The van der Waals surface area contributed by atoms with Crippen molar-refractivity contribution in [1.82, 2.24) is 19.1 Å². The molecule has 0 amide bonds. The third-order valence-corrected chi connectivity index (χ3v) is 9.91. The number of carbonyl (C=O) groups excluding carboxylic acids is 1. The Balaban J connectivity index is 1.27. The molecule has 0 radical (unpaired) electrons. The average Bonchev–Trinajstić information content (AvgIpc) is 3.72. The lowest BCUT2D eigenvalue weighted by molar-refractivity contribution is 0.102. The number of rotatable bonds is 9. The van der Waals surface area contributed by atoms with Gasteiger partial charge in [0.2, 0.25) is 10.0 Å². The summed E-state index contributed by atoms with van der Waals surface area (Å²) in [5, 5.41) is 9.42. The fourth-order valence-electron chi connectivity index (χ4n) is 4.93. The average molecular weight is 581 g/mol. The predicted molar refractivity (Wildman–Crippen MR) is 162 cm³/mol. The molecule has 1 fully saturated rings. The van der Waals surface area contributed by atoms with E-state index in [2.05, 4.69) is 10.2 Å². The Kier molecular flexibility index (Phi) is 7.82. The first-order chi connectivity index (χ1) is 20.0. The number of hydrogen-bond acceptors (Lipinski definition) is 6. The molecule has 0 spiro atoms. The zero-order valence-electron chi connectivity index (χ0n) is 22.3. The minimum atomic E-state index is -3.59. The van der Waals surface area contributed by atoms with Gasteiger partial charge in [-0.05, 0) is 48.2 Å². The van der Waals surface area contributed by atoms with Crippen LogP contribution in [-0.2, 0) is 10.0 Å². The van der Waals surface area contributed by atoms with Crippen LogP contribution in [0.1, 0.15) is 23.2 Å².